The van der Waals surface area contributed by atoms with Crippen LogP contribution in [0.3, 0.4) is 0 Å². The van der Waals surface area contributed by atoms with Crippen molar-refractivity contribution in [2.24, 2.45) is 5.92 Å². The summed E-state index contributed by atoms with van der Waals surface area (Å²) in [5.41, 5.74) is 1.47. The van der Waals surface area contributed by atoms with Gasteiger partial charge in [0.1, 0.15) is 0 Å². The van der Waals surface area contributed by atoms with Crippen molar-refractivity contribution in [3.05, 3.63) is 65.1 Å². The van der Waals surface area contributed by atoms with E-state index in [0.717, 1.165) is 5.69 Å². The van der Waals surface area contributed by atoms with E-state index < -0.39 is 0 Å². The van der Waals surface area contributed by atoms with Crippen LogP contribution < -0.4 is 10.1 Å². The highest BCUT2D eigenvalue weighted by Gasteiger charge is 2.17. The third-order valence-corrected chi connectivity index (χ3v) is 4.86. The first-order valence-corrected chi connectivity index (χ1v) is 10.1. The van der Waals surface area contributed by atoms with E-state index in [0.29, 0.717) is 40.7 Å². The van der Waals surface area contributed by atoms with E-state index >= 15 is 0 Å². The molecule has 0 unspecified atom stereocenters. The summed E-state index contributed by atoms with van der Waals surface area (Å²) in [4.78, 5) is 17.4. The third kappa shape index (κ3) is 4.38. The molecular weight excluding hydrogens is 388 g/mol. The Hall–Kier alpha value is -3.39. The molecule has 0 aliphatic heterocycles. The van der Waals surface area contributed by atoms with Crippen molar-refractivity contribution >= 4 is 22.9 Å². The molecule has 148 valence electrons. The van der Waals surface area contributed by atoms with Crippen LogP contribution in [0.2, 0.25) is 0 Å². The van der Waals surface area contributed by atoms with E-state index in [4.69, 9.17) is 9.15 Å². The zero-order chi connectivity index (χ0) is 20.2. The number of amides is 1. The summed E-state index contributed by atoms with van der Waals surface area (Å²) in [5.74, 6) is 1.37. The van der Waals surface area contributed by atoms with E-state index in [1.807, 2.05) is 41.8 Å². The number of benzene rings is 1. The van der Waals surface area contributed by atoms with Crippen LogP contribution in [0.5, 0.6) is 6.01 Å². The van der Waals surface area contributed by atoms with Gasteiger partial charge < -0.3 is 14.5 Å². The Kier molecular flexibility index (Phi) is 5.44. The Morgan fingerprint density at radius 3 is 2.69 bits per heavy atom. The first-order chi connectivity index (χ1) is 14.1. The Balaban J connectivity index is 1.59. The second-order valence-electron chi connectivity index (χ2n) is 6.79. The number of hydrogen-bond acceptors (Lipinski definition) is 6. The molecule has 3 aromatic heterocycles. The van der Waals surface area contributed by atoms with Gasteiger partial charge in [0.15, 0.2) is 5.76 Å². The van der Waals surface area contributed by atoms with Gasteiger partial charge in [0.2, 0.25) is 5.82 Å². The number of nitrogens with zero attached hydrogens (tertiary/aromatic N) is 3. The Morgan fingerprint density at radius 2 is 2.03 bits per heavy atom. The molecule has 3 heterocycles. The summed E-state index contributed by atoms with van der Waals surface area (Å²) in [6, 6.07) is 14.9. The number of carbonyl (C=O) groups is 1. The van der Waals surface area contributed by atoms with Gasteiger partial charge in [0.25, 0.3) is 5.91 Å². The highest BCUT2D eigenvalue weighted by Crippen LogP contribution is 2.25. The van der Waals surface area contributed by atoms with E-state index in [2.05, 4.69) is 29.2 Å². The summed E-state index contributed by atoms with van der Waals surface area (Å²) in [6.07, 6.45) is 1.59. The Bertz CT molecular complexity index is 1070. The number of thiophene rings is 1. The van der Waals surface area contributed by atoms with Gasteiger partial charge in [0, 0.05) is 5.69 Å². The largest absolute Gasteiger partial charge is 0.462 e. The molecule has 4 rings (SSSR count). The number of hydrogen-bond donors (Lipinski definition) is 1. The molecule has 1 amide bonds. The van der Waals surface area contributed by atoms with E-state index in [1.165, 1.54) is 11.3 Å². The maximum atomic E-state index is 12.2. The zero-order valence-corrected chi connectivity index (χ0v) is 16.8. The monoisotopic (exact) mass is 408 g/mol. The SMILES string of the molecule is CC(C)COc1nc(-c2ccco2)n(-c2ccc(NC(=O)c3cccs3)cc2)n1. The van der Waals surface area contributed by atoms with Crippen molar-refractivity contribution in [1.82, 2.24) is 14.8 Å². The molecule has 0 saturated carbocycles. The normalized spacial score (nSPS) is 11.0. The first kappa shape index (κ1) is 18.9. The molecule has 0 radical (unpaired) electrons. The number of carbonyl (C=O) groups excluding carboxylic acids is 1. The van der Waals surface area contributed by atoms with E-state index in [-0.39, 0.29) is 5.91 Å². The molecule has 0 aliphatic carbocycles. The summed E-state index contributed by atoms with van der Waals surface area (Å²) >= 11 is 1.40. The van der Waals surface area contributed by atoms with Gasteiger partial charge in [-0.3, -0.25) is 4.79 Å². The molecule has 0 aliphatic rings. The Labute approximate surface area is 172 Å². The van der Waals surface area contributed by atoms with Gasteiger partial charge >= 0.3 is 6.01 Å². The Morgan fingerprint density at radius 1 is 1.21 bits per heavy atom. The molecule has 4 aromatic rings. The van der Waals surface area contributed by atoms with Crippen LogP contribution in [-0.2, 0) is 0 Å². The lowest BCUT2D eigenvalue weighted by molar-refractivity contribution is 0.103. The van der Waals surface area contributed by atoms with Gasteiger partial charge in [-0.25, -0.2) is 4.68 Å². The zero-order valence-electron chi connectivity index (χ0n) is 16.0. The lowest BCUT2D eigenvalue weighted by Gasteiger charge is -2.07. The van der Waals surface area contributed by atoms with Crippen molar-refractivity contribution in [3.63, 3.8) is 0 Å². The summed E-state index contributed by atoms with van der Waals surface area (Å²) in [7, 11) is 0. The predicted molar refractivity (Wildman–Crippen MR) is 112 cm³/mol. The molecule has 7 nitrogen and oxygen atoms in total. The molecule has 0 fully saturated rings. The lowest BCUT2D eigenvalue weighted by Crippen LogP contribution is -2.10. The quantitative estimate of drug-likeness (QED) is 0.471. The average Bonchev–Trinajstić information content (AvgIpc) is 3.48. The van der Waals surface area contributed by atoms with Crippen LogP contribution in [0.15, 0.2) is 64.6 Å². The summed E-state index contributed by atoms with van der Waals surface area (Å²) in [6.45, 7) is 4.65. The van der Waals surface area contributed by atoms with Gasteiger partial charge in [-0.2, -0.15) is 4.98 Å². The van der Waals surface area contributed by atoms with Crippen LogP contribution in [0.1, 0.15) is 23.5 Å². The minimum Gasteiger partial charge on any atom is -0.462 e. The second kappa shape index (κ2) is 8.32. The fourth-order valence-electron chi connectivity index (χ4n) is 2.63. The molecule has 0 saturated heterocycles. The maximum Gasteiger partial charge on any atom is 0.336 e. The molecule has 1 aromatic carbocycles. The number of anilines is 1. The molecule has 0 atom stereocenters. The third-order valence-electron chi connectivity index (χ3n) is 3.99. The number of nitrogens with one attached hydrogen (secondary N) is 1. The van der Waals surface area contributed by atoms with Crippen LogP contribution in [0.25, 0.3) is 17.3 Å². The van der Waals surface area contributed by atoms with E-state index in [9.17, 15) is 4.79 Å². The van der Waals surface area contributed by atoms with Crippen LogP contribution in [0, 0.1) is 5.92 Å². The van der Waals surface area contributed by atoms with Gasteiger partial charge in [-0.05, 0) is 53.8 Å². The van der Waals surface area contributed by atoms with Crippen molar-refractivity contribution in [2.45, 2.75) is 13.8 Å². The maximum absolute atomic E-state index is 12.2. The number of ether oxygens (including phenoxy) is 1. The van der Waals surface area contributed by atoms with Crippen LogP contribution in [-0.4, -0.2) is 27.3 Å². The van der Waals surface area contributed by atoms with Crippen LogP contribution >= 0.6 is 11.3 Å². The molecule has 8 heteroatoms. The van der Waals surface area contributed by atoms with Crippen molar-refractivity contribution in [3.8, 4) is 23.3 Å². The van der Waals surface area contributed by atoms with Gasteiger partial charge in [0.05, 0.1) is 23.4 Å². The topological polar surface area (TPSA) is 82.2 Å². The first-order valence-electron chi connectivity index (χ1n) is 9.19. The smallest absolute Gasteiger partial charge is 0.336 e. The summed E-state index contributed by atoms with van der Waals surface area (Å²) < 4.78 is 12.9. The molecule has 1 N–H and O–H groups in total. The highest BCUT2D eigenvalue weighted by atomic mass is 32.1. The number of rotatable bonds is 7. The molecule has 0 bridgehead atoms. The number of aromatic nitrogens is 3. The standard InChI is InChI=1S/C21H20N4O3S/c1-14(2)13-28-21-23-19(17-5-3-11-27-17)25(24-21)16-9-7-15(8-10-16)22-20(26)18-6-4-12-29-18/h3-12,14H,13H2,1-2H3,(H,22,26). The minimum atomic E-state index is -0.130. The predicted octanol–water partition coefficient (Wildman–Crippen LogP) is 4.88. The lowest BCUT2D eigenvalue weighted by atomic mass is 10.2. The van der Waals surface area contributed by atoms with Crippen LogP contribution in [0.4, 0.5) is 5.69 Å². The molecule has 0 spiro atoms. The van der Waals surface area contributed by atoms with Crippen molar-refractivity contribution < 1.29 is 13.9 Å². The van der Waals surface area contributed by atoms with Gasteiger partial charge in [-0.15, -0.1) is 16.4 Å². The summed E-state index contributed by atoms with van der Waals surface area (Å²) in [5, 5.41) is 9.24. The van der Waals surface area contributed by atoms with Gasteiger partial charge in [-0.1, -0.05) is 19.9 Å². The van der Waals surface area contributed by atoms with E-state index in [1.54, 1.807) is 23.1 Å². The second-order valence-corrected chi connectivity index (χ2v) is 7.74. The molecule has 29 heavy (non-hydrogen) atoms. The number of furan rings is 1. The fraction of sp³-hybridized carbons (Fsp3) is 0.190. The average molecular weight is 408 g/mol. The highest BCUT2D eigenvalue weighted by molar-refractivity contribution is 7.12. The molecular formula is C21H20N4O3S. The van der Waals surface area contributed by atoms with Crippen molar-refractivity contribution in [2.75, 3.05) is 11.9 Å². The fourth-order valence-corrected chi connectivity index (χ4v) is 3.25. The van der Waals surface area contributed by atoms with Crippen molar-refractivity contribution in [1.29, 1.82) is 0 Å². The minimum absolute atomic E-state index is 0.130.